The molecule has 4 rings (SSSR count). The van der Waals surface area contributed by atoms with Crippen molar-refractivity contribution >= 4 is 16.0 Å². The molecule has 4 saturated carbocycles. The van der Waals surface area contributed by atoms with Crippen LogP contribution >= 0.6 is 0 Å². The van der Waals surface area contributed by atoms with Crippen LogP contribution in [0.4, 0.5) is 0 Å². The number of rotatable bonds is 12. The summed E-state index contributed by atoms with van der Waals surface area (Å²) in [4.78, 5) is 12.7. The molecule has 1 amide bonds. The van der Waals surface area contributed by atoms with Gasteiger partial charge in [0, 0.05) is 31.6 Å². The fourth-order valence-electron chi connectivity index (χ4n) is 10.4. The van der Waals surface area contributed by atoms with Gasteiger partial charge in [-0.25, -0.2) is 8.42 Å². The molecular weight excluding hydrogens is 508 g/mol. The molecule has 7 heteroatoms. The number of nitrogens with zero attached hydrogens (tertiary/aromatic N) is 1. The van der Waals surface area contributed by atoms with Gasteiger partial charge in [-0.3, -0.25) is 4.79 Å². The van der Waals surface area contributed by atoms with Crippen LogP contribution in [0.2, 0.25) is 0 Å². The SMILES string of the molecule is CC(CCC(=O)NCCC[N+](C)(C)CCCS(=O)(=O)[O-])C1CCC2C3CCC4CCCCC4(C)C3CCC12C. The van der Waals surface area contributed by atoms with Crippen LogP contribution in [0.5, 0.6) is 0 Å². The number of carbonyl (C=O) groups excluding carboxylic acids is 1. The first-order valence-electron chi connectivity index (χ1n) is 16.3. The van der Waals surface area contributed by atoms with Crippen LogP contribution in [0, 0.1) is 46.3 Å². The van der Waals surface area contributed by atoms with Gasteiger partial charge in [-0.15, -0.1) is 0 Å². The van der Waals surface area contributed by atoms with E-state index in [-0.39, 0.29) is 11.7 Å². The molecule has 0 aromatic rings. The maximum atomic E-state index is 12.7. The summed E-state index contributed by atoms with van der Waals surface area (Å²) in [6.07, 6.45) is 17.2. The monoisotopic (exact) mass is 566 g/mol. The Morgan fingerprint density at radius 1 is 0.949 bits per heavy atom. The lowest BCUT2D eigenvalue weighted by Crippen LogP contribution is -2.53. The Bertz CT molecular complexity index is 952. The van der Waals surface area contributed by atoms with Crippen LogP contribution in [0.25, 0.3) is 0 Å². The van der Waals surface area contributed by atoms with E-state index in [1.54, 1.807) is 0 Å². The summed E-state index contributed by atoms with van der Waals surface area (Å²) in [6, 6.07) is 0. The molecule has 0 aromatic heterocycles. The molecule has 226 valence electrons. The van der Waals surface area contributed by atoms with Crippen LogP contribution in [0.1, 0.15) is 111 Å². The smallest absolute Gasteiger partial charge is 0.220 e. The second kappa shape index (κ2) is 12.3. The van der Waals surface area contributed by atoms with Crippen LogP contribution in [-0.4, -0.2) is 62.8 Å². The minimum atomic E-state index is -4.14. The summed E-state index contributed by atoms with van der Waals surface area (Å²) < 4.78 is 33.2. The maximum Gasteiger partial charge on any atom is 0.220 e. The van der Waals surface area contributed by atoms with E-state index in [4.69, 9.17) is 0 Å². The summed E-state index contributed by atoms with van der Waals surface area (Å²) in [5.41, 5.74) is 1.07. The van der Waals surface area contributed by atoms with E-state index in [0.717, 1.165) is 49.0 Å². The zero-order valence-electron chi connectivity index (χ0n) is 25.7. The molecule has 39 heavy (non-hydrogen) atoms. The normalized spacial score (nSPS) is 37.4. The van der Waals surface area contributed by atoms with Gasteiger partial charge in [0.2, 0.25) is 5.91 Å². The zero-order valence-corrected chi connectivity index (χ0v) is 26.5. The lowest BCUT2D eigenvalue weighted by Gasteiger charge is -2.61. The van der Waals surface area contributed by atoms with E-state index in [1.165, 1.54) is 64.2 Å². The molecule has 4 aliphatic rings. The molecule has 0 bridgehead atoms. The second-order valence-corrected chi connectivity index (χ2v) is 16.9. The van der Waals surface area contributed by atoms with E-state index in [0.29, 0.717) is 47.2 Å². The highest BCUT2D eigenvalue weighted by Gasteiger charge is 2.60. The third-order valence-corrected chi connectivity index (χ3v) is 13.4. The van der Waals surface area contributed by atoms with E-state index in [9.17, 15) is 17.8 Å². The Kier molecular flexibility index (Phi) is 9.86. The summed E-state index contributed by atoms with van der Waals surface area (Å²) in [6.45, 7) is 9.87. The van der Waals surface area contributed by atoms with Gasteiger partial charge in [0.15, 0.2) is 0 Å². The van der Waals surface area contributed by atoms with Crippen molar-refractivity contribution in [2.45, 2.75) is 111 Å². The highest BCUT2D eigenvalue weighted by atomic mass is 32.2. The van der Waals surface area contributed by atoms with Crippen LogP contribution in [-0.2, 0) is 14.9 Å². The quantitative estimate of drug-likeness (QED) is 0.179. The zero-order chi connectivity index (χ0) is 28.5. The summed E-state index contributed by atoms with van der Waals surface area (Å²) in [5.74, 6) is 4.99. The van der Waals surface area contributed by atoms with Gasteiger partial charge in [0.1, 0.15) is 0 Å². The Balaban J connectivity index is 1.20. The van der Waals surface area contributed by atoms with Gasteiger partial charge in [-0.2, -0.15) is 0 Å². The average Bonchev–Trinajstić information content (AvgIpc) is 3.21. The molecule has 8 atom stereocenters. The number of hydrogen-bond donors (Lipinski definition) is 1. The third kappa shape index (κ3) is 7.23. The Hall–Kier alpha value is -0.660. The highest BCUT2D eigenvalue weighted by Crippen LogP contribution is 2.68. The Morgan fingerprint density at radius 2 is 1.67 bits per heavy atom. The molecule has 4 fully saturated rings. The first kappa shape index (κ1) is 31.3. The predicted molar refractivity (Wildman–Crippen MR) is 157 cm³/mol. The fraction of sp³-hybridized carbons (Fsp3) is 0.969. The summed E-state index contributed by atoms with van der Waals surface area (Å²) >= 11 is 0. The van der Waals surface area contributed by atoms with Gasteiger partial charge < -0.3 is 14.4 Å². The van der Waals surface area contributed by atoms with Crippen LogP contribution in [0.3, 0.4) is 0 Å². The Labute approximate surface area is 239 Å². The van der Waals surface area contributed by atoms with Crippen molar-refractivity contribution in [2.24, 2.45) is 46.3 Å². The minimum absolute atomic E-state index is 0.163. The molecule has 0 saturated heterocycles. The van der Waals surface area contributed by atoms with E-state index in [2.05, 4.69) is 26.1 Å². The first-order valence-corrected chi connectivity index (χ1v) is 17.9. The molecule has 1 N–H and O–H groups in total. The number of carbonyl (C=O) groups is 1. The molecule has 0 spiro atoms. The lowest BCUT2D eigenvalue weighted by atomic mass is 9.44. The number of fused-ring (bicyclic) bond motifs is 5. The van der Waals surface area contributed by atoms with Gasteiger partial charge >= 0.3 is 0 Å². The summed E-state index contributed by atoms with van der Waals surface area (Å²) in [5, 5.41) is 3.12. The molecule has 6 nitrogen and oxygen atoms in total. The van der Waals surface area contributed by atoms with Gasteiger partial charge in [-0.05, 0) is 104 Å². The second-order valence-electron chi connectivity index (χ2n) is 15.3. The highest BCUT2D eigenvalue weighted by molar-refractivity contribution is 7.85. The van der Waals surface area contributed by atoms with Crippen molar-refractivity contribution in [3.8, 4) is 0 Å². The molecular formula is C32H58N2O4S. The topological polar surface area (TPSA) is 86.3 Å². The third-order valence-electron chi connectivity index (χ3n) is 12.6. The molecule has 0 aliphatic heterocycles. The number of nitrogens with one attached hydrogen (secondary N) is 1. The molecule has 0 heterocycles. The molecule has 0 aromatic carbocycles. The van der Waals surface area contributed by atoms with Crippen molar-refractivity contribution in [3.05, 3.63) is 0 Å². The van der Waals surface area contributed by atoms with E-state index >= 15 is 0 Å². The first-order chi connectivity index (χ1) is 18.3. The standard InChI is InChI=1S/C32H58N2O4S/c1-24(11-16-30(35)33-20-8-21-34(4,5)22-9-23-39(36,37)38)27-14-15-28-26-13-12-25-10-6-7-18-31(25,2)29(26)17-19-32(27,28)3/h24-29H,6-23H2,1-5H3,(H-,33,35,36,37,38). The van der Waals surface area contributed by atoms with E-state index in [1.807, 2.05) is 14.1 Å². The van der Waals surface area contributed by atoms with Crippen molar-refractivity contribution in [1.82, 2.24) is 5.32 Å². The van der Waals surface area contributed by atoms with Crippen molar-refractivity contribution in [1.29, 1.82) is 0 Å². The van der Waals surface area contributed by atoms with Crippen molar-refractivity contribution < 1.29 is 22.2 Å². The number of hydrogen-bond acceptors (Lipinski definition) is 4. The average molecular weight is 567 g/mol. The van der Waals surface area contributed by atoms with Gasteiger partial charge in [0.25, 0.3) is 0 Å². The minimum Gasteiger partial charge on any atom is -0.748 e. The maximum absolute atomic E-state index is 12.7. The largest absolute Gasteiger partial charge is 0.748 e. The number of quaternary nitrogens is 1. The van der Waals surface area contributed by atoms with Gasteiger partial charge in [0.05, 0.1) is 37.3 Å². The predicted octanol–water partition coefficient (Wildman–Crippen LogP) is 5.97. The van der Waals surface area contributed by atoms with Crippen molar-refractivity contribution in [3.63, 3.8) is 0 Å². The lowest BCUT2D eigenvalue weighted by molar-refractivity contribution is -0.890. The molecule has 0 radical (unpaired) electrons. The van der Waals surface area contributed by atoms with Crippen molar-refractivity contribution in [2.75, 3.05) is 39.5 Å². The van der Waals surface area contributed by atoms with Gasteiger partial charge in [-0.1, -0.05) is 33.6 Å². The fourth-order valence-corrected chi connectivity index (χ4v) is 10.9. The Morgan fingerprint density at radius 3 is 2.41 bits per heavy atom. The molecule has 4 aliphatic carbocycles. The van der Waals surface area contributed by atoms with E-state index < -0.39 is 10.1 Å². The molecule has 8 unspecified atom stereocenters. The van der Waals surface area contributed by atoms with Crippen LogP contribution in [0.15, 0.2) is 0 Å². The van der Waals surface area contributed by atoms with Crippen LogP contribution < -0.4 is 5.32 Å². The summed E-state index contributed by atoms with van der Waals surface area (Å²) in [7, 11) is -0.0494. The number of amides is 1.